The number of carbonyl (C=O) groups excluding carboxylic acids is 2. The summed E-state index contributed by atoms with van der Waals surface area (Å²) in [4.78, 5) is 24.4. The zero-order valence-corrected chi connectivity index (χ0v) is 16.5. The van der Waals surface area contributed by atoms with Crippen LogP contribution in [0.15, 0.2) is 47.1 Å². The minimum Gasteiger partial charge on any atom is -0.481 e. The van der Waals surface area contributed by atoms with Crippen LogP contribution in [0.2, 0.25) is 0 Å². The molecule has 3 aromatic rings. The van der Waals surface area contributed by atoms with Crippen LogP contribution in [0.4, 0.5) is 0 Å². The number of furan rings is 1. The minimum atomic E-state index is -0.751. The predicted octanol–water partition coefficient (Wildman–Crippen LogP) is 3.52. The number of hydrogen-bond acceptors (Lipinski definition) is 4. The zero-order valence-electron chi connectivity index (χ0n) is 16.5. The molecule has 146 valence electrons. The molecule has 6 heteroatoms. The van der Waals surface area contributed by atoms with Crippen molar-refractivity contribution in [3.63, 3.8) is 0 Å². The van der Waals surface area contributed by atoms with Crippen LogP contribution in [0.3, 0.4) is 0 Å². The van der Waals surface area contributed by atoms with E-state index in [1.54, 1.807) is 13.2 Å². The quantitative estimate of drug-likeness (QED) is 0.664. The molecular formula is C22H24N2O4. The molecule has 0 saturated carbocycles. The molecule has 2 aromatic carbocycles. The number of aryl methyl sites for hydroxylation is 2. The number of amides is 2. The molecule has 1 unspecified atom stereocenters. The number of nitrogens with one attached hydrogen (secondary N) is 2. The molecule has 6 nitrogen and oxygen atoms in total. The summed E-state index contributed by atoms with van der Waals surface area (Å²) in [6.07, 6.45) is 0.916. The van der Waals surface area contributed by atoms with E-state index in [1.165, 1.54) is 0 Å². The molecule has 0 aliphatic rings. The van der Waals surface area contributed by atoms with Gasteiger partial charge >= 0.3 is 0 Å². The SMILES string of the molecule is Cc1ccc2c(CC(=O)NNC(=O)C(C)Oc3cccc(C)c3C)coc2c1. The molecule has 0 radical (unpaired) electrons. The molecule has 0 saturated heterocycles. The molecule has 1 aromatic heterocycles. The van der Waals surface area contributed by atoms with Crippen molar-refractivity contribution in [3.05, 3.63) is 64.9 Å². The molecule has 3 rings (SSSR count). The number of carbonyl (C=O) groups is 2. The number of benzene rings is 2. The van der Waals surface area contributed by atoms with E-state index in [0.717, 1.165) is 33.2 Å². The Morgan fingerprint density at radius 1 is 1.11 bits per heavy atom. The predicted molar refractivity (Wildman–Crippen MR) is 107 cm³/mol. The Balaban J connectivity index is 1.54. The van der Waals surface area contributed by atoms with Crippen LogP contribution < -0.4 is 15.6 Å². The third kappa shape index (κ3) is 4.34. The molecule has 28 heavy (non-hydrogen) atoms. The summed E-state index contributed by atoms with van der Waals surface area (Å²) in [5, 5.41) is 0.888. The fraction of sp³-hybridized carbons (Fsp3) is 0.273. The molecule has 0 spiro atoms. The van der Waals surface area contributed by atoms with Gasteiger partial charge in [0.2, 0.25) is 5.91 Å². The second-order valence-corrected chi connectivity index (χ2v) is 6.93. The van der Waals surface area contributed by atoms with E-state index >= 15 is 0 Å². The van der Waals surface area contributed by atoms with E-state index in [2.05, 4.69) is 10.9 Å². The third-order valence-electron chi connectivity index (χ3n) is 4.72. The largest absolute Gasteiger partial charge is 0.481 e. The summed E-state index contributed by atoms with van der Waals surface area (Å²) in [5.74, 6) is -0.119. The van der Waals surface area contributed by atoms with Crippen LogP contribution in [0.25, 0.3) is 11.0 Å². The van der Waals surface area contributed by atoms with Crippen molar-refractivity contribution < 1.29 is 18.7 Å². The first-order chi connectivity index (χ1) is 13.3. The first-order valence-corrected chi connectivity index (χ1v) is 9.13. The van der Waals surface area contributed by atoms with Gasteiger partial charge in [0.15, 0.2) is 6.10 Å². The molecule has 2 amide bonds. The van der Waals surface area contributed by atoms with E-state index in [4.69, 9.17) is 9.15 Å². The van der Waals surface area contributed by atoms with E-state index in [-0.39, 0.29) is 12.3 Å². The molecule has 0 bridgehead atoms. The van der Waals surface area contributed by atoms with Crippen molar-refractivity contribution in [1.29, 1.82) is 0 Å². The summed E-state index contributed by atoms with van der Waals surface area (Å²) < 4.78 is 11.2. The van der Waals surface area contributed by atoms with Crippen molar-refractivity contribution in [2.24, 2.45) is 0 Å². The van der Waals surface area contributed by atoms with Gasteiger partial charge in [-0.05, 0) is 56.5 Å². The Kier molecular flexibility index (Phi) is 5.68. The number of fused-ring (bicyclic) bond motifs is 1. The lowest BCUT2D eigenvalue weighted by molar-refractivity contribution is -0.132. The van der Waals surface area contributed by atoms with Crippen LogP contribution in [-0.4, -0.2) is 17.9 Å². The lowest BCUT2D eigenvalue weighted by Gasteiger charge is -2.17. The maximum absolute atomic E-state index is 12.2. The fourth-order valence-electron chi connectivity index (χ4n) is 2.87. The molecule has 0 fully saturated rings. The van der Waals surface area contributed by atoms with Crippen LogP contribution in [0.5, 0.6) is 5.75 Å². The van der Waals surface area contributed by atoms with Gasteiger partial charge in [0, 0.05) is 10.9 Å². The number of rotatable bonds is 5. The molecule has 1 atom stereocenters. The maximum Gasteiger partial charge on any atom is 0.279 e. The van der Waals surface area contributed by atoms with E-state index in [9.17, 15) is 9.59 Å². The minimum absolute atomic E-state index is 0.0998. The monoisotopic (exact) mass is 380 g/mol. The van der Waals surface area contributed by atoms with E-state index in [0.29, 0.717) is 5.75 Å². The van der Waals surface area contributed by atoms with Gasteiger partial charge in [-0.2, -0.15) is 0 Å². The Morgan fingerprint density at radius 3 is 2.68 bits per heavy atom. The first-order valence-electron chi connectivity index (χ1n) is 9.13. The lowest BCUT2D eigenvalue weighted by Crippen LogP contribution is -2.47. The Labute approximate surface area is 163 Å². The molecule has 0 aliphatic heterocycles. The highest BCUT2D eigenvalue weighted by atomic mass is 16.5. The number of ether oxygens (including phenoxy) is 1. The Hall–Kier alpha value is -3.28. The number of hydrazine groups is 1. The molecule has 1 heterocycles. The van der Waals surface area contributed by atoms with Crippen LogP contribution in [-0.2, 0) is 16.0 Å². The molecule has 0 aliphatic carbocycles. The van der Waals surface area contributed by atoms with Gasteiger partial charge in [-0.25, -0.2) is 0 Å². The summed E-state index contributed by atoms with van der Waals surface area (Å²) >= 11 is 0. The van der Waals surface area contributed by atoms with Crippen LogP contribution in [0, 0.1) is 20.8 Å². The van der Waals surface area contributed by atoms with Crippen molar-refractivity contribution in [2.45, 2.75) is 40.2 Å². The molecule has 2 N–H and O–H groups in total. The average Bonchev–Trinajstić information content (AvgIpc) is 3.05. The normalized spacial score (nSPS) is 11.9. The maximum atomic E-state index is 12.2. The van der Waals surface area contributed by atoms with Gasteiger partial charge in [0.25, 0.3) is 5.91 Å². The van der Waals surface area contributed by atoms with Gasteiger partial charge in [-0.3, -0.25) is 20.4 Å². The van der Waals surface area contributed by atoms with Crippen molar-refractivity contribution >= 4 is 22.8 Å². The van der Waals surface area contributed by atoms with Crippen LogP contribution >= 0.6 is 0 Å². The van der Waals surface area contributed by atoms with Crippen molar-refractivity contribution in [1.82, 2.24) is 10.9 Å². The summed E-state index contributed by atoms with van der Waals surface area (Å²) in [6, 6.07) is 11.5. The smallest absolute Gasteiger partial charge is 0.279 e. The fourth-order valence-corrected chi connectivity index (χ4v) is 2.87. The van der Waals surface area contributed by atoms with E-state index in [1.807, 2.05) is 57.2 Å². The Bertz CT molecular complexity index is 1020. The summed E-state index contributed by atoms with van der Waals surface area (Å²) in [6.45, 7) is 7.53. The Morgan fingerprint density at radius 2 is 1.89 bits per heavy atom. The highest BCUT2D eigenvalue weighted by molar-refractivity contribution is 5.89. The highest BCUT2D eigenvalue weighted by Crippen LogP contribution is 2.23. The topological polar surface area (TPSA) is 80.6 Å². The highest BCUT2D eigenvalue weighted by Gasteiger charge is 2.17. The second-order valence-electron chi connectivity index (χ2n) is 6.93. The standard InChI is InChI=1S/C22H24N2O4/c1-13-8-9-18-17(12-27-20(18)10-13)11-21(25)23-24-22(26)16(4)28-19-7-5-6-14(2)15(19)3/h5-10,12,16H,11H2,1-4H3,(H,23,25)(H,24,26). The van der Waals surface area contributed by atoms with Gasteiger partial charge < -0.3 is 9.15 Å². The van der Waals surface area contributed by atoms with E-state index < -0.39 is 12.0 Å². The number of hydrogen-bond donors (Lipinski definition) is 2. The summed E-state index contributed by atoms with van der Waals surface area (Å²) in [7, 11) is 0. The van der Waals surface area contributed by atoms with Crippen molar-refractivity contribution in [2.75, 3.05) is 0 Å². The second kappa shape index (κ2) is 8.17. The first kappa shape index (κ1) is 19.5. The van der Waals surface area contributed by atoms with Gasteiger partial charge in [0.05, 0.1) is 12.7 Å². The van der Waals surface area contributed by atoms with Crippen LogP contribution in [0.1, 0.15) is 29.2 Å². The molecular weight excluding hydrogens is 356 g/mol. The lowest BCUT2D eigenvalue weighted by atomic mass is 10.1. The van der Waals surface area contributed by atoms with Crippen molar-refractivity contribution in [3.8, 4) is 5.75 Å². The van der Waals surface area contributed by atoms with Gasteiger partial charge in [0.1, 0.15) is 11.3 Å². The average molecular weight is 380 g/mol. The zero-order chi connectivity index (χ0) is 20.3. The summed E-state index contributed by atoms with van der Waals surface area (Å²) in [5.41, 5.74) is 9.50. The third-order valence-corrected chi connectivity index (χ3v) is 4.72. The van der Waals surface area contributed by atoms with Gasteiger partial charge in [-0.15, -0.1) is 0 Å². The van der Waals surface area contributed by atoms with Gasteiger partial charge in [-0.1, -0.05) is 24.3 Å².